The van der Waals surface area contributed by atoms with Gasteiger partial charge in [-0.25, -0.2) is 9.69 Å². The summed E-state index contributed by atoms with van der Waals surface area (Å²) in [5, 5.41) is 0. The number of nitrogens with zero attached hydrogens (tertiary/aromatic N) is 2. The third-order valence-corrected chi connectivity index (χ3v) is 7.68. The van der Waals surface area contributed by atoms with E-state index in [0.717, 1.165) is 16.0 Å². The Labute approximate surface area is 229 Å². The van der Waals surface area contributed by atoms with Crippen molar-refractivity contribution in [2.24, 2.45) is 11.8 Å². The Morgan fingerprint density at radius 3 is 2.23 bits per heavy atom. The van der Waals surface area contributed by atoms with Crippen LogP contribution in [0.15, 0.2) is 79.0 Å². The zero-order valence-electron chi connectivity index (χ0n) is 21.6. The number of esters is 2. The lowest BCUT2D eigenvalue weighted by molar-refractivity contribution is -0.132. The van der Waals surface area contributed by atoms with Gasteiger partial charge >= 0.3 is 11.9 Å². The molecule has 3 aliphatic heterocycles. The minimum Gasteiger partial charge on any atom is -0.465 e. The molecule has 0 spiro atoms. The first-order valence-corrected chi connectivity index (χ1v) is 12.7. The zero-order valence-corrected chi connectivity index (χ0v) is 21.6. The summed E-state index contributed by atoms with van der Waals surface area (Å²) in [5.74, 6) is -4.12. The summed E-state index contributed by atoms with van der Waals surface area (Å²) in [4.78, 5) is 69.0. The molecule has 9 heteroatoms. The summed E-state index contributed by atoms with van der Waals surface area (Å²) in [7, 11) is 1.23. The second-order valence-corrected chi connectivity index (χ2v) is 9.84. The van der Waals surface area contributed by atoms with Crippen LogP contribution in [0.25, 0.3) is 6.08 Å². The lowest BCUT2D eigenvalue weighted by Gasteiger charge is -2.35. The van der Waals surface area contributed by atoms with Gasteiger partial charge in [0.25, 0.3) is 0 Å². The van der Waals surface area contributed by atoms with Crippen molar-refractivity contribution in [3.63, 3.8) is 0 Å². The number of hydrogen-bond acceptors (Lipinski definition) is 8. The molecule has 0 unspecified atom stereocenters. The number of carbonyl (C=O) groups excluding carboxylic acids is 5. The Kier molecular flexibility index (Phi) is 6.06. The molecule has 3 aromatic rings. The molecule has 0 saturated carbocycles. The molecule has 2 amide bonds. The van der Waals surface area contributed by atoms with E-state index in [4.69, 9.17) is 9.47 Å². The summed E-state index contributed by atoms with van der Waals surface area (Å²) in [6.45, 7) is 1.28. The molecule has 3 aromatic carbocycles. The van der Waals surface area contributed by atoms with E-state index in [0.29, 0.717) is 5.56 Å². The topological polar surface area (TPSA) is 110 Å². The Bertz CT molecular complexity index is 1610. The monoisotopic (exact) mass is 536 g/mol. The summed E-state index contributed by atoms with van der Waals surface area (Å²) in [6, 6.07) is 18.4. The quantitative estimate of drug-likeness (QED) is 0.210. The second kappa shape index (κ2) is 9.60. The summed E-state index contributed by atoms with van der Waals surface area (Å²) < 4.78 is 9.98. The van der Waals surface area contributed by atoms with Crippen molar-refractivity contribution in [3.05, 3.63) is 101 Å². The lowest BCUT2D eigenvalue weighted by atomic mass is 9.83. The van der Waals surface area contributed by atoms with Gasteiger partial charge in [0, 0.05) is 18.7 Å². The number of rotatable bonds is 5. The molecule has 2 saturated heterocycles. The molecule has 200 valence electrons. The van der Waals surface area contributed by atoms with E-state index >= 15 is 0 Å². The van der Waals surface area contributed by atoms with E-state index in [1.54, 1.807) is 23.2 Å². The molecular weight excluding hydrogens is 512 g/mol. The number of para-hydroxylation sites is 1. The zero-order chi connectivity index (χ0) is 28.1. The maximum Gasteiger partial charge on any atom is 0.339 e. The maximum atomic E-state index is 14.1. The van der Waals surface area contributed by atoms with Gasteiger partial charge in [-0.2, -0.15) is 0 Å². The molecule has 6 rings (SSSR count). The number of carbonyl (C=O) groups is 5. The molecule has 3 heterocycles. The molecule has 0 radical (unpaired) electrons. The molecule has 3 aliphatic rings. The van der Waals surface area contributed by atoms with Crippen LogP contribution in [0.3, 0.4) is 0 Å². The number of ether oxygens (including phenoxy) is 2. The molecule has 0 aliphatic carbocycles. The van der Waals surface area contributed by atoms with Gasteiger partial charge in [0.05, 0.1) is 36.2 Å². The third kappa shape index (κ3) is 3.81. The highest BCUT2D eigenvalue weighted by molar-refractivity contribution is 6.26. The van der Waals surface area contributed by atoms with Gasteiger partial charge in [0.1, 0.15) is 11.8 Å². The van der Waals surface area contributed by atoms with Crippen molar-refractivity contribution in [1.29, 1.82) is 0 Å². The first kappa shape index (κ1) is 25.2. The smallest absolute Gasteiger partial charge is 0.339 e. The number of imide groups is 1. The van der Waals surface area contributed by atoms with Gasteiger partial charge in [-0.15, -0.1) is 0 Å². The van der Waals surface area contributed by atoms with Crippen molar-refractivity contribution in [1.82, 2.24) is 4.90 Å². The van der Waals surface area contributed by atoms with Crippen LogP contribution < -0.4 is 9.64 Å². The number of hydrogen-bond donors (Lipinski definition) is 0. The standard InChI is InChI=1S/C31H24N2O7/c1-17(34)40-20-13-11-19(12-14-20)28(35)27-25-24(26-21-8-4-3-7-18(21)15-16-32(26)27)29(36)33(30(25)37)23-10-6-5-9-22(23)31(38)39-2/h3-16,24-27H,1-2H3/t24-,25+,26+,27+/m1/s1. The number of anilines is 1. The van der Waals surface area contributed by atoms with Crippen LogP contribution in [-0.4, -0.2) is 47.6 Å². The lowest BCUT2D eigenvalue weighted by Crippen LogP contribution is -2.44. The first-order chi connectivity index (χ1) is 19.3. The number of ketones is 1. The highest BCUT2D eigenvalue weighted by atomic mass is 16.5. The molecule has 4 atom stereocenters. The van der Waals surface area contributed by atoms with Gasteiger partial charge in [0.2, 0.25) is 11.8 Å². The van der Waals surface area contributed by atoms with E-state index in [-0.39, 0.29) is 22.8 Å². The summed E-state index contributed by atoms with van der Waals surface area (Å²) >= 11 is 0. The van der Waals surface area contributed by atoms with Gasteiger partial charge in [-0.05, 0) is 53.6 Å². The van der Waals surface area contributed by atoms with Gasteiger partial charge < -0.3 is 14.4 Å². The normalized spacial score (nSPS) is 22.4. The SMILES string of the molecule is COC(=O)c1ccccc1N1C(=O)[C@@H]2[C@H](C1=O)[C@@H](C(=O)c1ccc(OC(C)=O)cc1)N1C=Cc3ccccc3[C@@H]21. The minimum absolute atomic E-state index is 0.0800. The molecule has 40 heavy (non-hydrogen) atoms. The fraction of sp³-hybridized carbons (Fsp3) is 0.194. The fourth-order valence-electron chi connectivity index (χ4n) is 6.07. The number of benzene rings is 3. The Balaban J connectivity index is 1.46. The van der Waals surface area contributed by atoms with Crippen molar-refractivity contribution in [2.75, 3.05) is 12.0 Å². The number of methoxy groups -OCH3 is 1. The second-order valence-electron chi connectivity index (χ2n) is 9.84. The molecule has 0 aromatic heterocycles. The predicted octanol–water partition coefficient (Wildman–Crippen LogP) is 3.80. The highest BCUT2D eigenvalue weighted by Gasteiger charge is 2.64. The van der Waals surface area contributed by atoms with Gasteiger partial charge in [0.15, 0.2) is 5.78 Å². The average Bonchev–Trinajstić information content (AvgIpc) is 3.44. The largest absolute Gasteiger partial charge is 0.465 e. The first-order valence-electron chi connectivity index (χ1n) is 12.7. The Hall–Kier alpha value is -5.05. The van der Waals surface area contributed by atoms with Crippen LogP contribution in [0.4, 0.5) is 5.69 Å². The van der Waals surface area contributed by atoms with Crippen LogP contribution in [0.1, 0.15) is 44.8 Å². The molecule has 0 bridgehead atoms. The van der Waals surface area contributed by atoms with E-state index < -0.39 is 47.7 Å². The van der Waals surface area contributed by atoms with Crippen molar-refractivity contribution in [2.45, 2.75) is 19.0 Å². The highest BCUT2D eigenvalue weighted by Crippen LogP contribution is 2.54. The van der Waals surface area contributed by atoms with Crippen molar-refractivity contribution in [3.8, 4) is 5.75 Å². The van der Waals surface area contributed by atoms with Crippen molar-refractivity contribution < 1.29 is 33.4 Å². The van der Waals surface area contributed by atoms with Crippen LogP contribution in [-0.2, 0) is 19.1 Å². The minimum atomic E-state index is -1.00. The van der Waals surface area contributed by atoms with Crippen molar-refractivity contribution >= 4 is 41.3 Å². The summed E-state index contributed by atoms with van der Waals surface area (Å²) in [5.41, 5.74) is 2.25. The van der Waals surface area contributed by atoms with Crippen LogP contribution in [0.5, 0.6) is 5.75 Å². The summed E-state index contributed by atoms with van der Waals surface area (Å²) in [6.07, 6.45) is 3.64. The van der Waals surface area contributed by atoms with E-state index in [9.17, 15) is 24.0 Å². The predicted molar refractivity (Wildman–Crippen MR) is 143 cm³/mol. The average molecular weight is 537 g/mol. The molecule has 0 N–H and O–H groups in total. The molecular formula is C31H24N2O7. The Morgan fingerprint density at radius 2 is 1.50 bits per heavy atom. The van der Waals surface area contributed by atoms with Crippen LogP contribution >= 0.6 is 0 Å². The van der Waals surface area contributed by atoms with Gasteiger partial charge in [-0.1, -0.05) is 36.4 Å². The molecule has 2 fully saturated rings. The fourth-order valence-corrected chi connectivity index (χ4v) is 6.07. The van der Waals surface area contributed by atoms with Crippen LogP contribution in [0.2, 0.25) is 0 Å². The maximum absolute atomic E-state index is 14.1. The molecule has 9 nitrogen and oxygen atoms in total. The number of Topliss-reactive ketones (excluding diaryl/α,β-unsaturated/α-hetero) is 1. The van der Waals surface area contributed by atoms with E-state index in [1.807, 2.05) is 30.3 Å². The number of amides is 2. The third-order valence-electron chi connectivity index (χ3n) is 7.68. The van der Waals surface area contributed by atoms with Crippen LogP contribution in [0, 0.1) is 11.8 Å². The van der Waals surface area contributed by atoms with Gasteiger partial charge in [-0.3, -0.25) is 19.2 Å². The Morgan fingerprint density at radius 1 is 0.825 bits per heavy atom. The number of fused-ring (bicyclic) bond motifs is 5. The van der Waals surface area contributed by atoms with E-state index in [1.165, 1.54) is 50.4 Å². The van der Waals surface area contributed by atoms with E-state index in [2.05, 4.69) is 0 Å².